The van der Waals surface area contributed by atoms with E-state index in [1.54, 1.807) is 6.92 Å². The highest BCUT2D eigenvalue weighted by molar-refractivity contribution is 6.64. The van der Waals surface area contributed by atoms with E-state index in [1.807, 2.05) is 0 Å². The Morgan fingerprint density at radius 3 is 2.88 bits per heavy atom. The molecule has 0 aromatic rings. The molecule has 2 aliphatic heterocycles. The summed E-state index contributed by atoms with van der Waals surface area (Å²) in [5.74, 6) is 0.887. The number of ether oxygens (including phenoxy) is 1. The molecule has 0 atom stereocenters. The Balaban J connectivity index is 2.02. The molecular weight excluding hydrogens is 336 g/mol. The van der Waals surface area contributed by atoms with Gasteiger partial charge in [0.2, 0.25) is 0 Å². The van der Waals surface area contributed by atoms with Crippen molar-refractivity contribution >= 4 is 22.5 Å². The highest BCUT2D eigenvalue weighted by atomic mass is 35.5. The third-order valence-corrected chi connectivity index (χ3v) is 4.03. The van der Waals surface area contributed by atoms with E-state index in [9.17, 15) is 0 Å². The van der Waals surface area contributed by atoms with Gasteiger partial charge in [-0.15, -0.1) is 0 Å². The van der Waals surface area contributed by atoms with Gasteiger partial charge in [0.1, 0.15) is 11.0 Å². The molecule has 0 spiro atoms. The van der Waals surface area contributed by atoms with Gasteiger partial charge >= 0.3 is 0 Å². The van der Waals surface area contributed by atoms with Crippen LogP contribution in [0.5, 0.6) is 0 Å². The number of hydrogen-bond donors (Lipinski definition) is 1. The molecule has 0 saturated carbocycles. The molecule has 0 unspecified atom stereocenters. The molecule has 0 amide bonds. The summed E-state index contributed by atoms with van der Waals surface area (Å²) in [7, 11) is 0. The minimum absolute atomic E-state index is 0.537. The minimum atomic E-state index is 0.537. The molecule has 138 valence electrons. The van der Waals surface area contributed by atoms with Crippen LogP contribution in [0, 0.1) is 0 Å². The highest BCUT2D eigenvalue weighted by Crippen LogP contribution is 2.13. The standard InChI is InChI=1S/C19H29ClN4O/c1-3-6-18(22-10-8-17-7-4-5-9-21-17)15-19(23-16(2)20)24-11-13-25-14-12-24/h4,6-7,15,22H,3,5,8-14H2,1-2H3/b18-6-,19-15+,23-16+. The van der Waals surface area contributed by atoms with Gasteiger partial charge in [-0.05, 0) is 25.8 Å². The average Bonchev–Trinajstić information content (AvgIpc) is 2.62. The molecular formula is C19H29ClN4O. The van der Waals surface area contributed by atoms with Crippen LogP contribution in [0.25, 0.3) is 0 Å². The normalized spacial score (nSPS) is 19.9. The van der Waals surface area contributed by atoms with Gasteiger partial charge in [0, 0.05) is 50.1 Å². The molecule has 0 aromatic carbocycles. The Labute approximate surface area is 156 Å². The van der Waals surface area contributed by atoms with Crippen LogP contribution < -0.4 is 5.32 Å². The van der Waals surface area contributed by atoms with Gasteiger partial charge in [0.25, 0.3) is 0 Å². The molecule has 25 heavy (non-hydrogen) atoms. The van der Waals surface area contributed by atoms with Crippen molar-refractivity contribution in [2.75, 3.05) is 39.4 Å². The topological polar surface area (TPSA) is 49.2 Å². The third-order valence-electron chi connectivity index (χ3n) is 3.94. The van der Waals surface area contributed by atoms with Gasteiger partial charge in [-0.3, -0.25) is 4.99 Å². The lowest BCUT2D eigenvalue weighted by Crippen LogP contribution is -2.35. The second-order valence-corrected chi connectivity index (χ2v) is 6.57. The van der Waals surface area contributed by atoms with E-state index in [2.05, 4.69) is 51.4 Å². The first kappa shape index (κ1) is 19.7. The van der Waals surface area contributed by atoms with Crippen molar-refractivity contribution in [3.63, 3.8) is 0 Å². The van der Waals surface area contributed by atoms with Crippen molar-refractivity contribution < 1.29 is 4.74 Å². The van der Waals surface area contributed by atoms with Gasteiger partial charge < -0.3 is 15.0 Å². The Morgan fingerprint density at radius 2 is 2.24 bits per heavy atom. The number of nitrogens with one attached hydrogen (secondary N) is 1. The van der Waals surface area contributed by atoms with Gasteiger partial charge in [0.15, 0.2) is 0 Å². The van der Waals surface area contributed by atoms with Crippen LogP contribution in [0.4, 0.5) is 0 Å². The van der Waals surface area contributed by atoms with E-state index in [0.717, 1.165) is 70.2 Å². The number of halogens is 1. The molecule has 1 N–H and O–H groups in total. The fourth-order valence-corrected chi connectivity index (χ4v) is 2.82. The van der Waals surface area contributed by atoms with Gasteiger partial charge in [-0.2, -0.15) is 0 Å². The minimum Gasteiger partial charge on any atom is -0.385 e. The Hall–Kier alpha value is -1.59. The van der Waals surface area contributed by atoms with E-state index in [4.69, 9.17) is 16.3 Å². The molecule has 0 aromatic heterocycles. The summed E-state index contributed by atoms with van der Waals surface area (Å²) in [5, 5.41) is 4.05. The summed E-state index contributed by atoms with van der Waals surface area (Å²) >= 11 is 6.05. The first-order valence-corrected chi connectivity index (χ1v) is 9.46. The number of hydrogen-bond acceptors (Lipinski definition) is 5. The quantitative estimate of drug-likeness (QED) is 0.529. The third kappa shape index (κ3) is 7.45. The maximum absolute atomic E-state index is 6.05. The van der Waals surface area contributed by atoms with Crippen molar-refractivity contribution in [3.05, 3.63) is 35.8 Å². The van der Waals surface area contributed by atoms with E-state index in [0.29, 0.717) is 5.17 Å². The van der Waals surface area contributed by atoms with E-state index >= 15 is 0 Å². The molecule has 0 bridgehead atoms. The summed E-state index contributed by atoms with van der Waals surface area (Å²) in [4.78, 5) is 11.3. The van der Waals surface area contributed by atoms with Crippen molar-refractivity contribution in [3.8, 4) is 0 Å². The van der Waals surface area contributed by atoms with Crippen molar-refractivity contribution in [2.24, 2.45) is 9.98 Å². The fraction of sp³-hybridized carbons (Fsp3) is 0.579. The first-order valence-electron chi connectivity index (χ1n) is 9.08. The van der Waals surface area contributed by atoms with Crippen LogP contribution in [0.3, 0.4) is 0 Å². The Bertz CT molecular complexity index is 568. The van der Waals surface area contributed by atoms with Crippen LogP contribution in [-0.4, -0.2) is 55.2 Å². The van der Waals surface area contributed by atoms with E-state index < -0.39 is 0 Å². The molecule has 2 heterocycles. The Morgan fingerprint density at radius 1 is 1.44 bits per heavy atom. The number of aliphatic imine (C=N–C) groups is 2. The summed E-state index contributed by atoms with van der Waals surface area (Å²) in [6.07, 6.45) is 11.5. The predicted molar refractivity (Wildman–Crippen MR) is 106 cm³/mol. The van der Waals surface area contributed by atoms with Crippen LogP contribution in [0.2, 0.25) is 0 Å². The van der Waals surface area contributed by atoms with Crippen LogP contribution >= 0.6 is 11.6 Å². The summed E-state index contributed by atoms with van der Waals surface area (Å²) in [5.41, 5.74) is 2.24. The highest BCUT2D eigenvalue weighted by Gasteiger charge is 2.14. The van der Waals surface area contributed by atoms with Crippen molar-refractivity contribution in [1.29, 1.82) is 0 Å². The van der Waals surface area contributed by atoms with Crippen molar-refractivity contribution in [2.45, 2.75) is 33.1 Å². The second kappa shape index (κ2) is 11.1. The smallest absolute Gasteiger partial charge is 0.132 e. The van der Waals surface area contributed by atoms with Gasteiger partial charge in [0.05, 0.1) is 13.2 Å². The zero-order chi connectivity index (χ0) is 17.9. The number of allylic oxidation sites excluding steroid dienone is 3. The summed E-state index contributed by atoms with van der Waals surface area (Å²) in [6, 6.07) is 0. The zero-order valence-corrected chi connectivity index (χ0v) is 16.1. The maximum atomic E-state index is 6.05. The van der Waals surface area contributed by atoms with E-state index in [1.165, 1.54) is 5.71 Å². The fourth-order valence-electron chi connectivity index (χ4n) is 2.74. The zero-order valence-electron chi connectivity index (χ0n) is 15.3. The molecule has 6 heteroatoms. The molecule has 0 radical (unpaired) electrons. The van der Waals surface area contributed by atoms with Crippen LogP contribution in [-0.2, 0) is 4.74 Å². The lowest BCUT2D eigenvalue weighted by molar-refractivity contribution is 0.0531. The molecule has 1 saturated heterocycles. The second-order valence-electron chi connectivity index (χ2n) is 6.02. The number of morpholine rings is 1. The SMILES string of the molecule is CC/C=C(/C=C(\N=C(/C)Cl)N1CCOCC1)NCCC1=NCCC=C1. The summed E-state index contributed by atoms with van der Waals surface area (Å²) < 4.78 is 5.44. The largest absolute Gasteiger partial charge is 0.385 e. The lowest BCUT2D eigenvalue weighted by Gasteiger charge is -2.29. The summed E-state index contributed by atoms with van der Waals surface area (Å²) in [6.45, 7) is 8.82. The molecule has 1 fully saturated rings. The first-order chi connectivity index (χ1) is 12.2. The van der Waals surface area contributed by atoms with Crippen molar-refractivity contribution in [1.82, 2.24) is 10.2 Å². The van der Waals surface area contributed by atoms with Crippen LogP contribution in [0.1, 0.15) is 33.1 Å². The van der Waals surface area contributed by atoms with Gasteiger partial charge in [-0.25, -0.2) is 4.99 Å². The predicted octanol–water partition coefficient (Wildman–Crippen LogP) is 3.49. The molecule has 2 rings (SSSR count). The molecule has 0 aliphatic carbocycles. The Kier molecular flexibility index (Phi) is 8.77. The molecule has 5 nitrogen and oxygen atoms in total. The lowest BCUT2D eigenvalue weighted by atomic mass is 10.2. The maximum Gasteiger partial charge on any atom is 0.132 e. The van der Waals surface area contributed by atoms with E-state index in [-0.39, 0.29) is 0 Å². The van der Waals surface area contributed by atoms with Crippen LogP contribution in [0.15, 0.2) is 45.8 Å². The molecule has 2 aliphatic rings. The average molecular weight is 365 g/mol. The monoisotopic (exact) mass is 364 g/mol. The number of dihydropyridines is 1. The van der Waals surface area contributed by atoms with Gasteiger partial charge in [-0.1, -0.05) is 30.7 Å². The number of nitrogens with zero attached hydrogens (tertiary/aromatic N) is 3. The number of rotatable bonds is 8.